The Morgan fingerprint density at radius 1 is 1.34 bits per heavy atom. The van der Waals surface area contributed by atoms with Crippen LogP contribution in [0, 0.1) is 11.8 Å². The topological polar surface area (TPSA) is 77.8 Å². The van der Waals surface area contributed by atoms with Crippen molar-refractivity contribution in [3.05, 3.63) is 45.2 Å². The fourth-order valence-corrected chi connectivity index (χ4v) is 4.55. The number of aromatic carboxylic acids is 1. The van der Waals surface area contributed by atoms with E-state index in [2.05, 4.69) is 19.9 Å². The first-order chi connectivity index (χ1) is 13.9. The zero-order valence-electron chi connectivity index (χ0n) is 16.7. The van der Waals surface area contributed by atoms with Crippen LogP contribution in [0.15, 0.2) is 23.1 Å². The van der Waals surface area contributed by atoms with Crippen molar-refractivity contribution in [2.24, 2.45) is 11.8 Å². The third kappa shape index (κ3) is 3.02. The molecule has 1 fully saturated rings. The summed E-state index contributed by atoms with van der Waals surface area (Å²) in [7, 11) is 0. The lowest BCUT2D eigenvalue weighted by Crippen LogP contribution is -2.28. The molecule has 0 radical (unpaired) electrons. The number of pyridine rings is 1. The van der Waals surface area contributed by atoms with Crippen molar-refractivity contribution in [1.29, 1.82) is 0 Å². The zero-order valence-corrected chi connectivity index (χ0v) is 16.7. The second kappa shape index (κ2) is 6.65. The van der Waals surface area contributed by atoms with Gasteiger partial charge in [0.05, 0.1) is 18.9 Å². The second-order valence-corrected chi connectivity index (χ2v) is 8.73. The molecule has 0 saturated heterocycles. The molecule has 3 aliphatic rings. The fourth-order valence-electron chi connectivity index (χ4n) is 4.55. The van der Waals surface area contributed by atoms with Gasteiger partial charge in [0.2, 0.25) is 0 Å². The molecule has 1 saturated carbocycles. The van der Waals surface area contributed by atoms with Gasteiger partial charge in [0.1, 0.15) is 5.56 Å². The lowest BCUT2D eigenvalue weighted by molar-refractivity contribution is 0.0694. The van der Waals surface area contributed by atoms with E-state index in [1.807, 2.05) is 4.57 Å². The van der Waals surface area contributed by atoms with Crippen molar-refractivity contribution in [1.82, 2.24) is 4.57 Å². The first-order valence-corrected chi connectivity index (χ1v) is 10.4. The Kier molecular flexibility index (Phi) is 4.19. The maximum atomic E-state index is 12.5. The van der Waals surface area contributed by atoms with Crippen LogP contribution in [0.4, 0.5) is 0 Å². The minimum Gasteiger partial charge on any atom is -0.489 e. The molecule has 1 atom stereocenters. The van der Waals surface area contributed by atoms with E-state index < -0.39 is 11.4 Å². The number of carbonyl (C=O) groups is 1. The predicted molar refractivity (Wildman–Crippen MR) is 108 cm³/mol. The number of benzene rings is 1. The van der Waals surface area contributed by atoms with Gasteiger partial charge in [0.15, 0.2) is 16.9 Å². The molecule has 0 bridgehead atoms. The number of nitrogens with zero attached hydrogens (tertiary/aromatic N) is 1. The van der Waals surface area contributed by atoms with Gasteiger partial charge in [0, 0.05) is 35.9 Å². The van der Waals surface area contributed by atoms with Crippen molar-refractivity contribution in [3.63, 3.8) is 0 Å². The molecule has 1 aromatic carbocycles. The van der Waals surface area contributed by atoms with Crippen LogP contribution >= 0.6 is 0 Å². The Hall–Kier alpha value is -2.76. The van der Waals surface area contributed by atoms with Gasteiger partial charge in [-0.2, -0.15) is 0 Å². The van der Waals surface area contributed by atoms with Gasteiger partial charge < -0.3 is 19.1 Å². The molecule has 1 N–H and O–H groups in total. The van der Waals surface area contributed by atoms with Gasteiger partial charge in [-0.15, -0.1) is 0 Å². The minimum atomic E-state index is -1.18. The van der Waals surface area contributed by atoms with Gasteiger partial charge in [-0.25, -0.2) is 4.79 Å². The number of aromatic nitrogens is 1. The zero-order chi connectivity index (χ0) is 20.3. The maximum Gasteiger partial charge on any atom is 0.341 e. The molecular formula is C23H25NO5. The number of carboxylic acids is 1. The van der Waals surface area contributed by atoms with E-state index in [-0.39, 0.29) is 17.5 Å². The van der Waals surface area contributed by atoms with Crippen LogP contribution < -0.4 is 14.9 Å². The molecule has 6 nitrogen and oxygen atoms in total. The number of hydrogen-bond donors (Lipinski definition) is 1. The first-order valence-electron chi connectivity index (χ1n) is 10.4. The smallest absolute Gasteiger partial charge is 0.341 e. The van der Waals surface area contributed by atoms with Crippen LogP contribution in [0.5, 0.6) is 11.5 Å². The molecule has 29 heavy (non-hydrogen) atoms. The number of carboxylic acid groups (broad SMARTS) is 1. The Morgan fingerprint density at radius 3 is 2.83 bits per heavy atom. The van der Waals surface area contributed by atoms with Crippen LogP contribution in [0.1, 0.15) is 54.2 Å². The molecule has 1 aromatic heterocycles. The van der Waals surface area contributed by atoms with Crippen LogP contribution in [0.3, 0.4) is 0 Å². The highest BCUT2D eigenvalue weighted by Crippen LogP contribution is 2.48. The molecular weight excluding hydrogens is 370 g/mol. The number of fused-ring (bicyclic) bond motifs is 5. The summed E-state index contributed by atoms with van der Waals surface area (Å²) in [4.78, 5) is 24.1. The molecule has 1 aliphatic carbocycles. The van der Waals surface area contributed by atoms with E-state index in [1.54, 1.807) is 0 Å². The lowest BCUT2D eigenvalue weighted by atomic mass is 9.84. The molecule has 152 valence electrons. The van der Waals surface area contributed by atoms with Gasteiger partial charge in [-0.05, 0) is 42.7 Å². The van der Waals surface area contributed by atoms with Gasteiger partial charge >= 0.3 is 5.97 Å². The molecule has 3 heterocycles. The minimum absolute atomic E-state index is 0.0767. The van der Waals surface area contributed by atoms with Gasteiger partial charge in [-0.3, -0.25) is 4.79 Å². The standard InChI is InChI=1S/C23H25NO5/c1-12(2)17-7-14-8-20(29-11-13-3-4-13)22-15(5-6-28-22)21(14)18-9-19(25)16(23(26)27)10-24(17)18/h8-10,12-13,17H,3-7,11H2,1-2H3,(H,26,27). The van der Waals surface area contributed by atoms with E-state index >= 15 is 0 Å². The van der Waals surface area contributed by atoms with E-state index in [9.17, 15) is 14.7 Å². The summed E-state index contributed by atoms with van der Waals surface area (Å²) in [6, 6.07) is 3.64. The summed E-state index contributed by atoms with van der Waals surface area (Å²) in [5.41, 5.74) is 3.39. The predicted octanol–water partition coefficient (Wildman–Crippen LogP) is 3.69. The summed E-state index contributed by atoms with van der Waals surface area (Å²) in [6.07, 6.45) is 5.51. The fraction of sp³-hybridized carbons (Fsp3) is 0.478. The number of hydrogen-bond acceptors (Lipinski definition) is 4. The highest BCUT2D eigenvalue weighted by Gasteiger charge is 2.34. The number of rotatable bonds is 5. The SMILES string of the molecule is CC(C)C1Cc2cc(OCC3CC3)c3c(c2-c2cc(=O)c(C(=O)O)cn21)CCO3. The Labute approximate surface area is 169 Å². The number of ether oxygens (including phenoxy) is 2. The van der Waals surface area contributed by atoms with E-state index in [0.717, 1.165) is 53.3 Å². The Balaban J connectivity index is 1.70. The van der Waals surface area contributed by atoms with Crippen molar-refractivity contribution < 1.29 is 19.4 Å². The normalized spacial score (nSPS) is 19.3. The second-order valence-electron chi connectivity index (χ2n) is 8.73. The Morgan fingerprint density at radius 2 is 2.14 bits per heavy atom. The monoisotopic (exact) mass is 395 g/mol. The molecule has 1 unspecified atom stereocenters. The summed E-state index contributed by atoms with van der Waals surface area (Å²) >= 11 is 0. The third-order valence-electron chi connectivity index (χ3n) is 6.32. The highest BCUT2D eigenvalue weighted by molar-refractivity contribution is 5.88. The molecule has 6 heteroatoms. The van der Waals surface area contributed by atoms with Gasteiger partial charge in [-0.1, -0.05) is 13.8 Å². The van der Waals surface area contributed by atoms with Crippen molar-refractivity contribution in [3.8, 4) is 22.8 Å². The third-order valence-corrected chi connectivity index (χ3v) is 6.32. The Bertz CT molecular complexity index is 1060. The van der Waals surface area contributed by atoms with E-state index in [4.69, 9.17) is 9.47 Å². The first kappa shape index (κ1) is 18.3. The van der Waals surface area contributed by atoms with E-state index in [0.29, 0.717) is 12.5 Å². The summed E-state index contributed by atoms with van der Waals surface area (Å²) in [6.45, 7) is 5.56. The summed E-state index contributed by atoms with van der Waals surface area (Å²) < 4.78 is 14.0. The van der Waals surface area contributed by atoms with Crippen LogP contribution in [0.25, 0.3) is 11.3 Å². The summed E-state index contributed by atoms with van der Waals surface area (Å²) in [5.74, 6) is 1.35. The van der Waals surface area contributed by atoms with Crippen molar-refractivity contribution in [2.75, 3.05) is 13.2 Å². The maximum absolute atomic E-state index is 12.5. The average Bonchev–Trinajstić information content (AvgIpc) is 3.38. The quantitative estimate of drug-likeness (QED) is 0.835. The molecule has 2 aliphatic heterocycles. The summed E-state index contributed by atoms with van der Waals surface area (Å²) in [5, 5.41) is 9.44. The van der Waals surface area contributed by atoms with Gasteiger partial charge in [0.25, 0.3) is 0 Å². The molecule has 5 rings (SSSR count). The van der Waals surface area contributed by atoms with Crippen molar-refractivity contribution >= 4 is 5.97 Å². The van der Waals surface area contributed by atoms with Crippen LogP contribution in [-0.2, 0) is 12.8 Å². The van der Waals surface area contributed by atoms with E-state index in [1.165, 1.54) is 25.1 Å². The lowest BCUT2D eigenvalue weighted by Gasteiger charge is -2.34. The largest absolute Gasteiger partial charge is 0.489 e. The van der Waals surface area contributed by atoms with Crippen LogP contribution in [-0.4, -0.2) is 28.9 Å². The molecule has 2 aromatic rings. The average molecular weight is 395 g/mol. The molecule has 0 spiro atoms. The highest BCUT2D eigenvalue weighted by atomic mass is 16.5. The van der Waals surface area contributed by atoms with Crippen LogP contribution in [0.2, 0.25) is 0 Å². The van der Waals surface area contributed by atoms with Crippen molar-refractivity contribution in [2.45, 2.75) is 45.6 Å². The molecule has 0 amide bonds.